The number of amides is 1. The van der Waals surface area contributed by atoms with E-state index in [1.165, 1.54) is 0 Å². The summed E-state index contributed by atoms with van der Waals surface area (Å²) in [5.74, 6) is -0.265. The summed E-state index contributed by atoms with van der Waals surface area (Å²) in [5.41, 5.74) is 0. The Bertz CT molecular complexity index is 187. The highest BCUT2D eigenvalue weighted by atomic mass is 32.2. The first-order valence-corrected chi connectivity index (χ1v) is 5.11. The molecule has 0 radical (unpaired) electrons. The van der Waals surface area contributed by atoms with Crippen molar-refractivity contribution >= 4 is 17.7 Å². The zero-order chi connectivity index (χ0) is 9.90. The predicted octanol–water partition coefficient (Wildman–Crippen LogP) is 1.51. The van der Waals surface area contributed by atoms with Crippen LogP contribution in [0.2, 0.25) is 0 Å². The Hall–Kier alpha value is -0.390. The van der Waals surface area contributed by atoms with Gasteiger partial charge in [-0.2, -0.15) is 24.9 Å². The smallest absolute Gasteiger partial charge is 0.334 e. The van der Waals surface area contributed by atoms with Crippen LogP contribution in [0.1, 0.15) is 6.42 Å². The zero-order valence-corrected chi connectivity index (χ0v) is 7.75. The van der Waals surface area contributed by atoms with Crippen LogP contribution in [0.4, 0.5) is 13.2 Å². The summed E-state index contributed by atoms with van der Waals surface area (Å²) in [6.45, 7) is 0.439. The van der Waals surface area contributed by atoms with E-state index in [-0.39, 0.29) is 13.1 Å². The lowest BCUT2D eigenvalue weighted by atomic mass is 10.4. The highest BCUT2D eigenvalue weighted by Crippen LogP contribution is 2.20. The third kappa shape index (κ3) is 3.10. The van der Waals surface area contributed by atoms with Crippen LogP contribution in [-0.4, -0.2) is 41.6 Å². The van der Waals surface area contributed by atoms with Crippen LogP contribution in [0.25, 0.3) is 0 Å². The molecule has 0 aromatic carbocycles. The Morgan fingerprint density at radius 1 is 1.23 bits per heavy atom. The highest BCUT2D eigenvalue weighted by Gasteiger charge is 2.42. The van der Waals surface area contributed by atoms with Crippen molar-refractivity contribution in [2.45, 2.75) is 12.6 Å². The van der Waals surface area contributed by atoms with Crippen molar-refractivity contribution in [3.8, 4) is 0 Å². The molecule has 0 spiro atoms. The van der Waals surface area contributed by atoms with Crippen LogP contribution < -0.4 is 0 Å². The van der Waals surface area contributed by atoms with Crippen molar-refractivity contribution < 1.29 is 18.0 Å². The quantitative estimate of drug-likeness (QED) is 0.608. The van der Waals surface area contributed by atoms with Gasteiger partial charge in [-0.25, -0.2) is 0 Å². The average molecular weight is 213 g/mol. The normalized spacial score (nSPS) is 19.8. The average Bonchev–Trinajstić information content (AvgIpc) is 2.28. The standard InChI is InChI=1S/C7H10F3NOS/c8-7(9,10)6(12)11-2-1-4-13-5-3-11/h1-5H2. The summed E-state index contributed by atoms with van der Waals surface area (Å²) in [7, 11) is 0. The van der Waals surface area contributed by atoms with Gasteiger partial charge in [-0.1, -0.05) is 0 Å². The molecule has 1 amide bonds. The van der Waals surface area contributed by atoms with E-state index in [9.17, 15) is 18.0 Å². The van der Waals surface area contributed by atoms with Gasteiger partial charge in [0.1, 0.15) is 0 Å². The van der Waals surface area contributed by atoms with Gasteiger partial charge in [0.25, 0.3) is 0 Å². The molecule has 0 aliphatic carbocycles. The topological polar surface area (TPSA) is 20.3 Å². The van der Waals surface area contributed by atoms with Crippen LogP contribution in [0.5, 0.6) is 0 Å². The van der Waals surface area contributed by atoms with Gasteiger partial charge >= 0.3 is 12.1 Å². The Balaban J connectivity index is 2.54. The fourth-order valence-electron chi connectivity index (χ4n) is 1.13. The number of nitrogens with zero attached hydrogens (tertiary/aromatic N) is 1. The van der Waals surface area contributed by atoms with Gasteiger partial charge in [-0.3, -0.25) is 4.79 Å². The first kappa shape index (κ1) is 10.7. The molecule has 0 atom stereocenters. The number of rotatable bonds is 0. The van der Waals surface area contributed by atoms with E-state index in [1.54, 1.807) is 11.8 Å². The second-order valence-electron chi connectivity index (χ2n) is 2.76. The van der Waals surface area contributed by atoms with Crippen molar-refractivity contribution in [2.75, 3.05) is 24.6 Å². The maximum Gasteiger partial charge on any atom is 0.471 e. The molecule has 1 saturated heterocycles. The largest absolute Gasteiger partial charge is 0.471 e. The number of hydrogen-bond donors (Lipinski definition) is 0. The maximum atomic E-state index is 12.0. The van der Waals surface area contributed by atoms with Gasteiger partial charge in [0.2, 0.25) is 0 Å². The maximum absolute atomic E-state index is 12.0. The van der Waals surface area contributed by atoms with Gasteiger partial charge in [0.15, 0.2) is 0 Å². The first-order chi connectivity index (χ1) is 6.02. The van der Waals surface area contributed by atoms with E-state index in [4.69, 9.17) is 0 Å². The molecule has 0 N–H and O–H groups in total. The zero-order valence-electron chi connectivity index (χ0n) is 6.93. The summed E-state index contributed by atoms with van der Waals surface area (Å²) in [5, 5.41) is 0. The molecule has 1 rings (SSSR count). The third-order valence-electron chi connectivity index (χ3n) is 1.75. The van der Waals surface area contributed by atoms with Gasteiger partial charge < -0.3 is 4.90 Å². The number of halogens is 3. The number of hydrogen-bond acceptors (Lipinski definition) is 2. The molecule has 0 unspecified atom stereocenters. The van der Waals surface area contributed by atoms with Crippen molar-refractivity contribution in [3.05, 3.63) is 0 Å². The molecular weight excluding hydrogens is 203 g/mol. The number of carbonyl (C=O) groups excluding carboxylic acids is 1. The Morgan fingerprint density at radius 2 is 1.92 bits per heavy atom. The van der Waals surface area contributed by atoms with Crippen molar-refractivity contribution in [2.24, 2.45) is 0 Å². The first-order valence-electron chi connectivity index (χ1n) is 3.95. The molecule has 76 valence electrons. The molecule has 1 heterocycles. The van der Waals surface area contributed by atoms with E-state index < -0.39 is 12.1 Å². The second kappa shape index (κ2) is 4.21. The predicted molar refractivity (Wildman–Crippen MR) is 44.6 cm³/mol. The van der Waals surface area contributed by atoms with Crippen LogP contribution in [0, 0.1) is 0 Å². The molecule has 6 heteroatoms. The molecule has 0 aromatic rings. The number of carbonyl (C=O) groups is 1. The summed E-state index contributed by atoms with van der Waals surface area (Å²) in [6.07, 6.45) is -4.07. The molecule has 0 bridgehead atoms. The Morgan fingerprint density at radius 3 is 2.54 bits per heavy atom. The van der Waals surface area contributed by atoms with Gasteiger partial charge in [0.05, 0.1) is 0 Å². The summed E-state index contributed by atoms with van der Waals surface area (Å²) >= 11 is 1.59. The summed E-state index contributed by atoms with van der Waals surface area (Å²) in [6, 6.07) is 0. The minimum Gasteiger partial charge on any atom is -0.334 e. The Labute approximate surface area is 78.5 Å². The van der Waals surface area contributed by atoms with Crippen molar-refractivity contribution in [1.29, 1.82) is 0 Å². The van der Waals surface area contributed by atoms with E-state index in [0.717, 1.165) is 10.7 Å². The molecule has 13 heavy (non-hydrogen) atoms. The van der Waals surface area contributed by atoms with Crippen LogP contribution >= 0.6 is 11.8 Å². The van der Waals surface area contributed by atoms with Crippen LogP contribution in [0.15, 0.2) is 0 Å². The van der Waals surface area contributed by atoms with Gasteiger partial charge in [0, 0.05) is 18.8 Å². The van der Waals surface area contributed by atoms with E-state index >= 15 is 0 Å². The van der Waals surface area contributed by atoms with E-state index in [1.807, 2.05) is 0 Å². The lowest BCUT2D eigenvalue weighted by Gasteiger charge is -2.20. The summed E-state index contributed by atoms with van der Waals surface area (Å²) in [4.78, 5) is 11.7. The van der Waals surface area contributed by atoms with Crippen molar-refractivity contribution in [1.82, 2.24) is 4.90 Å². The monoisotopic (exact) mass is 213 g/mol. The molecular formula is C7H10F3NOS. The minimum absolute atomic E-state index is 0.211. The van der Waals surface area contributed by atoms with Gasteiger partial charge in [-0.15, -0.1) is 0 Å². The number of thioether (sulfide) groups is 1. The fourth-order valence-corrected chi connectivity index (χ4v) is 2.02. The summed E-state index contributed by atoms with van der Waals surface area (Å²) < 4.78 is 35.9. The van der Waals surface area contributed by atoms with Crippen molar-refractivity contribution in [3.63, 3.8) is 0 Å². The molecule has 0 aromatic heterocycles. The Kier molecular flexibility index (Phi) is 3.47. The van der Waals surface area contributed by atoms with Crippen LogP contribution in [0.3, 0.4) is 0 Å². The molecule has 1 aliphatic heterocycles. The second-order valence-corrected chi connectivity index (χ2v) is 3.98. The third-order valence-corrected chi connectivity index (χ3v) is 2.80. The highest BCUT2D eigenvalue weighted by molar-refractivity contribution is 7.99. The van der Waals surface area contributed by atoms with Gasteiger partial charge in [-0.05, 0) is 12.2 Å². The SMILES string of the molecule is O=C(N1CCCSCC1)C(F)(F)F. The minimum atomic E-state index is -4.71. The fraction of sp³-hybridized carbons (Fsp3) is 0.857. The lowest BCUT2D eigenvalue weighted by molar-refractivity contribution is -0.185. The van der Waals surface area contributed by atoms with Crippen LogP contribution in [-0.2, 0) is 4.79 Å². The number of alkyl halides is 3. The molecule has 1 aliphatic rings. The van der Waals surface area contributed by atoms with E-state index in [0.29, 0.717) is 12.2 Å². The molecule has 2 nitrogen and oxygen atoms in total. The molecule has 0 saturated carbocycles. The lowest BCUT2D eigenvalue weighted by Crippen LogP contribution is -2.42. The molecule has 1 fully saturated rings. The van der Waals surface area contributed by atoms with E-state index in [2.05, 4.69) is 0 Å².